The first-order chi connectivity index (χ1) is 20.7. The molecule has 0 atom stereocenters. The zero-order chi connectivity index (χ0) is 31.2. The second-order valence-corrected chi connectivity index (χ2v) is 10.4. The molecule has 0 aromatic heterocycles. The number of rotatable bonds is 17. The van der Waals surface area contributed by atoms with Gasteiger partial charge in [0.25, 0.3) is 0 Å². The summed E-state index contributed by atoms with van der Waals surface area (Å²) in [6.45, 7) is 13.1. The highest BCUT2D eigenvalue weighted by atomic mass is 16.6. The Morgan fingerprint density at radius 2 is 1.37 bits per heavy atom. The molecule has 0 aliphatic rings. The van der Waals surface area contributed by atoms with Gasteiger partial charge in [0.1, 0.15) is 37.9 Å². The molecule has 0 saturated heterocycles. The average molecular weight is 587 g/mol. The predicted molar refractivity (Wildman–Crippen MR) is 169 cm³/mol. The largest absolute Gasteiger partial charge is 0.491 e. The van der Waals surface area contributed by atoms with E-state index in [1.807, 2.05) is 36.4 Å². The molecule has 0 saturated carbocycles. The number of ether oxygens (including phenoxy) is 4. The van der Waals surface area contributed by atoms with Gasteiger partial charge in [-0.05, 0) is 78.8 Å². The summed E-state index contributed by atoms with van der Waals surface area (Å²) in [7, 11) is 0. The van der Waals surface area contributed by atoms with E-state index in [1.165, 1.54) is 18.4 Å². The Morgan fingerprint density at radius 1 is 0.744 bits per heavy atom. The first-order valence-electron chi connectivity index (χ1n) is 14.6. The summed E-state index contributed by atoms with van der Waals surface area (Å²) in [5, 5.41) is 9.08. The van der Waals surface area contributed by atoms with E-state index in [4.69, 9.17) is 24.1 Å². The zero-order valence-electron chi connectivity index (χ0n) is 25.4. The number of esters is 2. The molecule has 228 valence electrons. The van der Waals surface area contributed by atoms with Gasteiger partial charge in [-0.1, -0.05) is 69.3 Å². The van der Waals surface area contributed by atoms with Crippen LogP contribution in [0.25, 0.3) is 22.3 Å². The molecule has 3 aromatic rings. The number of benzene rings is 3. The van der Waals surface area contributed by atoms with Crippen molar-refractivity contribution >= 4 is 11.9 Å². The van der Waals surface area contributed by atoms with Crippen molar-refractivity contribution in [2.45, 2.75) is 53.1 Å². The van der Waals surface area contributed by atoms with Crippen LogP contribution in [0.1, 0.15) is 51.2 Å². The molecule has 3 aromatic carbocycles. The normalized spacial score (nSPS) is 10.6. The lowest BCUT2D eigenvalue weighted by molar-refractivity contribution is -0.140. The molecule has 3 rings (SSSR count). The van der Waals surface area contributed by atoms with Crippen molar-refractivity contribution in [2.75, 3.05) is 26.4 Å². The van der Waals surface area contributed by atoms with Crippen LogP contribution in [0.4, 0.5) is 0 Å². The second-order valence-electron chi connectivity index (χ2n) is 10.4. The maximum absolute atomic E-state index is 12.3. The van der Waals surface area contributed by atoms with Crippen LogP contribution in [0, 0.1) is 0 Å². The quantitative estimate of drug-likeness (QED) is 0.101. The smallest absolute Gasteiger partial charge is 0.333 e. The van der Waals surface area contributed by atoms with Crippen LogP contribution in [-0.4, -0.2) is 43.5 Å². The Bertz CT molecular complexity index is 1390. The highest BCUT2D eigenvalue weighted by Gasteiger charge is 2.17. The number of hydrogen-bond acceptors (Lipinski definition) is 7. The minimum Gasteiger partial charge on any atom is -0.491 e. The summed E-state index contributed by atoms with van der Waals surface area (Å²) in [5.74, 6) is 0.256. The number of carbonyl (C=O) groups excluding carboxylic acids is 2. The van der Waals surface area contributed by atoms with Crippen molar-refractivity contribution in [2.24, 2.45) is 0 Å². The van der Waals surface area contributed by atoms with Crippen LogP contribution in [0.5, 0.6) is 11.5 Å². The number of aliphatic hydroxyl groups is 1. The van der Waals surface area contributed by atoms with Crippen molar-refractivity contribution in [1.82, 2.24) is 0 Å². The summed E-state index contributed by atoms with van der Waals surface area (Å²) in [6, 6.07) is 19.7. The minimum atomic E-state index is -0.475. The van der Waals surface area contributed by atoms with Gasteiger partial charge < -0.3 is 24.1 Å². The van der Waals surface area contributed by atoms with Gasteiger partial charge in [0, 0.05) is 16.7 Å². The fourth-order valence-corrected chi connectivity index (χ4v) is 4.36. The molecule has 0 amide bonds. The molecule has 0 bridgehead atoms. The summed E-state index contributed by atoms with van der Waals surface area (Å²) in [4.78, 5) is 24.2. The molecule has 0 aliphatic carbocycles. The molecule has 43 heavy (non-hydrogen) atoms. The monoisotopic (exact) mass is 586 g/mol. The van der Waals surface area contributed by atoms with E-state index in [0.29, 0.717) is 22.6 Å². The predicted octanol–water partition coefficient (Wildman–Crippen LogP) is 7.24. The third-order valence-electron chi connectivity index (χ3n) is 6.69. The van der Waals surface area contributed by atoms with Crippen molar-refractivity contribution in [3.8, 4) is 33.8 Å². The Kier molecular flexibility index (Phi) is 13.0. The minimum absolute atomic E-state index is 0.0421. The molecule has 7 heteroatoms. The Balaban J connectivity index is 2.03. The Hall–Kier alpha value is -4.36. The topological polar surface area (TPSA) is 91.3 Å². The van der Waals surface area contributed by atoms with E-state index in [0.717, 1.165) is 40.7 Å². The van der Waals surface area contributed by atoms with Crippen molar-refractivity contribution in [3.63, 3.8) is 0 Å². The third-order valence-corrected chi connectivity index (χ3v) is 6.69. The SMILES string of the molecule is C=C(C)C(=O)OCCOc1cc(-c2ccc(CCCCC)cc2)c(COC(=O)C(=C)C)cc1-c1ccc(OCCO)cc1. The Morgan fingerprint density at radius 3 is 2.00 bits per heavy atom. The fraction of sp³-hybridized carbons (Fsp3) is 0.333. The van der Waals surface area contributed by atoms with Gasteiger partial charge in [0.15, 0.2) is 0 Å². The molecule has 0 fully saturated rings. The van der Waals surface area contributed by atoms with Gasteiger partial charge >= 0.3 is 11.9 Å². The van der Waals surface area contributed by atoms with E-state index in [-0.39, 0.29) is 33.0 Å². The molecule has 1 N–H and O–H groups in total. The number of aliphatic hydroxyl groups excluding tert-OH is 1. The third kappa shape index (κ3) is 10.1. The van der Waals surface area contributed by atoms with Gasteiger partial charge in [0.2, 0.25) is 0 Å². The maximum Gasteiger partial charge on any atom is 0.333 e. The average Bonchev–Trinajstić information content (AvgIpc) is 3.01. The molecular formula is C36H42O7. The van der Waals surface area contributed by atoms with Crippen LogP contribution in [0.15, 0.2) is 85.0 Å². The lowest BCUT2D eigenvalue weighted by atomic mass is 9.93. The van der Waals surface area contributed by atoms with E-state index >= 15 is 0 Å². The van der Waals surface area contributed by atoms with Gasteiger partial charge in [-0.2, -0.15) is 0 Å². The number of aryl methyl sites for hydroxylation is 1. The van der Waals surface area contributed by atoms with Crippen LogP contribution in [0.3, 0.4) is 0 Å². The van der Waals surface area contributed by atoms with Crippen LogP contribution < -0.4 is 9.47 Å². The van der Waals surface area contributed by atoms with E-state index in [9.17, 15) is 9.59 Å². The molecule has 0 radical (unpaired) electrons. The second kappa shape index (κ2) is 16.9. The number of hydrogen-bond donors (Lipinski definition) is 1. The van der Waals surface area contributed by atoms with Crippen LogP contribution >= 0.6 is 0 Å². The maximum atomic E-state index is 12.3. The molecular weight excluding hydrogens is 544 g/mol. The van der Waals surface area contributed by atoms with Crippen LogP contribution in [0.2, 0.25) is 0 Å². The summed E-state index contributed by atoms with van der Waals surface area (Å²) < 4.78 is 22.5. The first kappa shape index (κ1) is 33.1. The molecule has 7 nitrogen and oxygen atoms in total. The number of carbonyl (C=O) groups is 2. The summed E-state index contributed by atoms with van der Waals surface area (Å²) in [5.41, 5.74) is 6.12. The lowest BCUT2D eigenvalue weighted by Crippen LogP contribution is -2.13. The standard InChI is InChI=1S/C36H42O7/c1-6-7-8-9-27-10-12-28(13-11-27)32-23-34(41-20-21-42-35(38)25(2)3)33(22-30(32)24-43-36(39)26(4)5)29-14-16-31(17-15-29)40-19-18-37/h10-17,22-23,37H,2,4,6-9,18-21,24H2,1,3,5H3. The number of unbranched alkanes of at least 4 members (excludes halogenated alkanes) is 2. The fourth-order valence-electron chi connectivity index (χ4n) is 4.36. The van der Waals surface area contributed by atoms with E-state index < -0.39 is 11.9 Å². The highest BCUT2D eigenvalue weighted by molar-refractivity contribution is 5.87. The molecule has 0 unspecified atom stereocenters. The Labute approximate surface area is 254 Å². The van der Waals surface area contributed by atoms with Crippen molar-refractivity contribution in [1.29, 1.82) is 0 Å². The first-order valence-corrected chi connectivity index (χ1v) is 14.6. The van der Waals surface area contributed by atoms with Gasteiger partial charge in [-0.15, -0.1) is 0 Å². The van der Waals surface area contributed by atoms with Crippen LogP contribution in [-0.2, 0) is 32.1 Å². The summed E-state index contributed by atoms with van der Waals surface area (Å²) in [6.07, 6.45) is 4.53. The highest BCUT2D eigenvalue weighted by Crippen LogP contribution is 2.38. The van der Waals surface area contributed by atoms with Gasteiger partial charge in [-0.3, -0.25) is 0 Å². The van der Waals surface area contributed by atoms with Gasteiger partial charge in [0.05, 0.1) is 6.61 Å². The van der Waals surface area contributed by atoms with Crippen molar-refractivity contribution < 1.29 is 33.6 Å². The van der Waals surface area contributed by atoms with E-state index in [2.05, 4.69) is 44.3 Å². The molecule has 0 aliphatic heterocycles. The van der Waals surface area contributed by atoms with E-state index in [1.54, 1.807) is 13.8 Å². The van der Waals surface area contributed by atoms with Gasteiger partial charge in [-0.25, -0.2) is 9.59 Å². The lowest BCUT2D eigenvalue weighted by Gasteiger charge is -2.19. The molecule has 0 spiro atoms. The zero-order valence-corrected chi connectivity index (χ0v) is 25.4. The van der Waals surface area contributed by atoms with Crippen molar-refractivity contribution in [3.05, 3.63) is 96.1 Å². The molecule has 0 heterocycles. The summed E-state index contributed by atoms with van der Waals surface area (Å²) >= 11 is 0.